The van der Waals surface area contributed by atoms with Crippen molar-refractivity contribution in [2.24, 2.45) is 5.73 Å². The van der Waals surface area contributed by atoms with E-state index in [1.807, 2.05) is 60.7 Å². The number of hydrogen-bond acceptors (Lipinski definition) is 5. The summed E-state index contributed by atoms with van der Waals surface area (Å²) in [6.07, 6.45) is -1.62. The molecular formula is C30H31F2N3O4. The Hall–Kier alpha value is -3.95. The predicted molar refractivity (Wildman–Crippen MR) is 141 cm³/mol. The molecule has 4 N–H and O–H groups in total. The van der Waals surface area contributed by atoms with Crippen molar-refractivity contribution in [2.75, 3.05) is 0 Å². The van der Waals surface area contributed by atoms with Crippen LogP contribution in [0, 0.1) is 11.6 Å². The number of carbonyl (C=O) groups excluding carboxylic acids is 3. The quantitative estimate of drug-likeness (QED) is 0.443. The molecule has 1 aliphatic rings. The van der Waals surface area contributed by atoms with Crippen molar-refractivity contribution in [1.82, 2.24) is 10.2 Å². The third kappa shape index (κ3) is 5.89. The van der Waals surface area contributed by atoms with Gasteiger partial charge in [0.25, 0.3) is 5.91 Å². The Bertz CT molecular complexity index is 1330. The van der Waals surface area contributed by atoms with Crippen LogP contribution in [0.5, 0.6) is 0 Å². The van der Waals surface area contributed by atoms with Crippen molar-refractivity contribution in [3.05, 3.63) is 107 Å². The van der Waals surface area contributed by atoms with E-state index in [0.717, 1.165) is 23.3 Å². The van der Waals surface area contributed by atoms with E-state index in [4.69, 9.17) is 5.73 Å². The van der Waals surface area contributed by atoms with Gasteiger partial charge in [-0.1, -0.05) is 60.7 Å². The van der Waals surface area contributed by atoms with Gasteiger partial charge in [-0.05, 0) is 61.4 Å². The summed E-state index contributed by atoms with van der Waals surface area (Å²) in [5.41, 5.74) is 5.46. The molecule has 3 aromatic carbocycles. The van der Waals surface area contributed by atoms with Crippen LogP contribution in [0.25, 0.3) is 0 Å². The Labute approximate surface area is 225 Å². The van der Waals surface area contributed by atoms with E-state index >= 15 is 0 Å². The van der Waals surface area contributed by atoms with Crippen LogP contribution in [0.2, 0.25) is 0 Å². The van der Waals surface area contributed by atoms with Crippen LogP contribution in [-0.4, -0.2) is 39.3 Å². The summed E-state index contributed by atoms with van der Waals surface area (Å²) >= 11 is 0. The minimum absolute atomic E-state index is 0.0284. The number of rotatable bonds is 6. The number of benzene rings is 3. The van der Waals surface area contributed by atoms with Crippen LogP contribution in [0.3, 0.4) is 0 Å². The molecule has 0 aliphatic carbocycles. The molecular weight excluding hydrogens is 504 g/mol. The highest BCUT2D eigenvalue weighted by Crippen LogP contribution is 2.41. The van der Waals surface area contributed by atoms with Gasteiger partial charge in [-0.3, -0.25) is 19.3 Å². The van der Waals surface area contributed by atoms with E-state index < -0.39 is 53.1 Å². The molecule has 9 heteroatoms. The predicted octanol–water partition coefficient (Wildman–Crippen LogP) is 3.89. The van der Waals surface area contributed by atoms with Crippen molar-refractivity contribution < 1.29 is 28.3 Å². The maximum absolute atomic E-state index is 13.9. The standard InChI is InChI=1S/C30H31F2N3O4/c1-18(33)27(37)35(28(38)26(36)21-13-23(31)16-24(32)14-21)30(2)17-22(19-9-5-3-6-10-19)15-25(34-29(30)39)20-11-7-4-8-12-20/h3-14,16,18,22,25-26,36H,15,17,33H2,1-2H3,(H,34,39)/t18-,22+,25+,26-,30-/m0/s1. The molecule has 7 nitrogen and oxygen atoms in total. The summed E-state index contributed by atoms with van der Waals surface area (Å²) in [6, 6.07) is 19.3. The van der Waals surface area contributed by atoms with Gasteiger partial charge in [-0.2, -0.15) is 0 Å². The molecule has 0 saturated carbocycles. The summed E-state index contributed by atoms with van der Waals surface area (Å²) in [5, 5.41) is 13.9. The monoisotopic (exact) mass is 535 g/mol. The van der Waals surface area contributed by atoms with E-state index in [2.05, 4.69) is 5.32 Å². The lowest BCUT2D eigenvalue weighted by molar-refractivity contribution is -0.164. The van der Waals surface area contributed by atoms with Crippen LogP contribution in [0.1, 0.15) is 61.4 Å². The number of imide groups is 1. The van der Waals surface area contributed by atoms with Crippen molar-refractivity contribution in [2.45, 2.75) is 56.3 Å². The zero-order chi connectivity index (χ0) is 28.3. The summed E-state index contributed by atoms with van der Waals surface area (Å²) in [5.74, 6) is -5.02. The molecule has 0 bridgehead atoms. The number of nitrogens with zero attached hydrogens (tertiary/aromatic N) is 1. The largest absolute Gasteiger partial charge is 0.378 e. The first-order valence-electron chi connectivity index (χ1n) is 12.7. The highest BCUT2D eigenvalue weighted by molar-refractivity contribution is 6.05. The fraction of sp³-hybridized carbons (Fsp3) is 0.300. The molecule has 204 valence electrons. The van der Waals surface area contributed by atoms with Gasteiger partial charge in [-0.25, -0.2) is 8.78 Å². The summed E-state index contributed by atoms with van der Waals surface area (Å²) < 4.78 is 27.8. The Kier molecular flexibility index (Phi) is 8.22. The fourth-order valence-corrected chi connectivity index (χ4v) is 5.19. The van der Waals surface area contributed by atoms with Gasteiger partial charge in [0.05, 0.1) is 12.1 Å². The number of halogens is 2. The molecule has 1 aliphatic heterocycles. The molecule has 0 aromatic heterocycles. The molecule has 1 saturated heterocycles. The molecule has 1 heterocycles. The Morgan fingerprint density at radius 1 is 0.974 bits per heavy atom. The zero-order valence-electron chi connectivity index (χ0n) is 21.7. The highest BCUT2D eigenvalue weighted by Gasteiger charge is 2.51. The molecule has 0 spiro atoms. The second-order valence-corrected chi connectivity index (χ2v) is 10.2. The van der Waals surface area contributed by atoms with Gasteiger partial charge in [0, 0.05) is 6.07 Å². The molecule has 3 amide bonds. The lowest BCUT2D eigenvalue weighted by Crippen LogP contribution is -2.64. The summed E-state index contributed by atoms with van der Waals surface area (Å²) in [6.45, 7) is 2.80. The van der Waals surface area contributed by atoms with E-state index in [0.29, 0.717) is 17.4 Å². The Morgan fingerprint density at radius 2 is 1.51 bits per heavy atom. The molecule has 0 radical (unpaired) electrons. The van der Waals surface area contributed by atoms with E-state index in [9.17, 15) is 28.3 Å². The minimum atomic E-state index is -2.12. The van der Waals surface area contributed by atoms with Gasteiger partial charge >= 0.3 is 0 Å². The van der Waals surface area contributed by atoms with Gasteiger partial charge in [-0.15, -0.1) is 0 Å². The number of amides is 3. The first kappa shape index (κ1) is 28.1. The highest BCUT2D eigenvalue weighted by atomic mass is 19.1. The Morgan fingerprint density at radius 3 is 2.05 bits per heavy atom. The number of nitrogens with one attached hydrogen (secondary N) is 1. The average Bonchev–Trinajstić information content (AvgIpc) is 3.05. The van der Waals surface area contributed by atoms with E-state index in [-0.39, 0.29) is 17.9 Å². The number of aliphatic hydroxyl groups is 1. The molecule has 39 heavy (non-hydrogen) atoms. The van der Waals surface area contributed by atoms with Gasteiger partial charge in [0.15, 0.2) is 6.10 Å². The SMILES string of the molecule is C[C@H](N)C(=O)N(C(=O)[C@@H](O)c1cc(F)cc(F)c1)[C@@]1(C)C[C@H](c2ccccc2)C[C@H](c2ccccc2)NC1=O. The maximum Gasteiger partial charge on any atom is 0.263 e. The number of aliphatic hydroxyl groups excluding tert-OH is 1. The van der Waals surface area contributed by atoms with Crippen molar-refractivity contribution in [3.8, 4) is 0 Å². The lowest BCUT2D eigenvalue weighted by Gasteiger charge is -2.40. The summed E-state index contributed by atoms with van der Waals surface area (Å²) in [4.78, 5) is 41.8. The van der Waals surface area contributed by atoms with Gasteiger partial charge in [0.2, 0.25) is 11.8 Å². The second kappa shape index (κ2) is 11.4. The smallest absolute Gasteiger partial charge is 0.263 e. The zero-order valence-corrected chi connectivity index (χ0v) is 21.7. The van der Waals surface area contributed by atoms with Crippen molar-refractivity contribution in [3.63, 3.8) is 0 Å². The van der Waals surface area contributed by atoms with Crippen LogP contribution < -0.4 is 11.1 Å². The summed E-state index contributed by atoms with van der Waals surface area (Å²) in [7, 11) is 0. The number of hydrogen-bond donors (Lipinski definition) is 3. The van der Waals surface area contributed by atoms with Gasteiger partial charge in [0.1, 0.15) is 17.2 Å². The number of nitrogens with two attached hydrogens (primary N) is 1. The third-order valence-corrected chi connectivity index (χ3v) is 7.19. The second-order valence-electron chi connectivity index (χ2n) is 10.2. The topological polar surface area (TPSA) is 113 Å². The normalized spacial score (nSPS) is 22.8. The molecule has 3 aromatic rings. The first-order valence-corrected chi connectivity index (χ1v) is 12.7. The third-order valence-electron chi connectivity index (χ3n) is 7.19. The van der Waals surface area contributed by atoms with Gasteiger partial charge < -0.3 is 16.2 Å². The first-order chi connectivity index (χ1) is 18.5. The van der Waals surface area contributed by atoms with Crippen LogP contribution in [0.4, 0.5) is 8.78 Å². The van der Waals surface area contributed by atoms with Crippen LogP contribution in [-0.2, 0) is 14.4 Å². The van der Waals surface area contributed by atoms with E-state index in [1.165, 1.54) is 13.8 Å². The maximum atomic E-state index is 13.9. The number of carbonyl (C=O) groups is 3. The van der Waals surface area contributed by atoms with E-state index in [1.54, 1.807) is 0 Å². The molecule has 1 fully saturated rings. The lowest BCUT2D eigenvalue weighted by atomic mass is 9.80. The van der Waals surface area contributed by atoms with Crippen LogP contribution >= 0.6 is 0 Å². The minimum Gasteiger partial charge on any atom is -0.378 e. The fourth-order valence-electron chi connectivity index (χ4n) is 5.19. The van der Waals surface area contributed by atoms with Crippen molar-refractivity contribution >= 4 is 17.7 Å². The average molecular weight is 536 g/mol. The van der Waals surface area contributed by atoms with Crippen molar-refractivity contribution in [1.29, 1.82) is 0 Å². The molecule has 0 unspecified atom stereocenters. The van der Waals surface area contributed by atoms with Crippen LogP contribution in [0.15, 0.2) is 78.9 Å². The molecule has 5 atom stereocenters. The Balaban J connectivity index is 1.81. The molecule has 4 rings (SSSR count).